The molecule has 0 aliphatic carbocycles. The summed E-state index contributed by atoms with van der Waals surface area (Å²) in [7, 11) is 1.87. The lowest BCUT2D eigenvalue weighted by Crippen LogP contribution is -1.97. The highest BCUT2D eigenvalue weighted by Crippen LogP contribution is 2.23. The molecule has 3 aromatic rings. The van der Waals surface area contributed by atoms with E-state index in [1.54, 1.807) is 16.9 Å². The molecule has 0 aliphatic rings. The molecule has 3 rings (SSSR count). The molecule has 0 spiro atoms. The zero-order valence-corrected chi connectivity index (χ0v) is 11.4. The Morgan fingerprint density at radius 3 is 2.45 bits per heavy atom. The van der Waals surface area contributed by atoms with Crippen LogP contribution in [0.5, 0.6) is 0 Å². The third kappa shape index (κ3) is 2.38. The first-order valence-corrected chi connectivity index (χ1v) is 6.32. The predicted octanol–water partition coefficient (Wildman–Crippen LogP) is 2.43. The Labute approximate surface area is 117 Å². The summed E-state index contributed by atoms with van der Waals surface area (Å²) in [5.41, 5.74) is 9.75. The molecule has 100 valence electrons. The van der Waals surface area contributed by atoms with Gasteiger partial charge in [-0.25, -0.2) is 9.97 Å². The molecule has 2 N–H and O–H groups in total. The fourth-order valence-electron chi connectivity index (χ4n) is 2.00. The second-order valence-electron chi connectivity index (χ2n) is 4.77. The SMILES string of the molecule is Cc1ccc(-c2nc(N)cc(-c3cnn(C)c3)n2)cc1. The first kappa shape index (κ1) is 12.3. The average molecular weight is 265 g/mol. The molecule has 0 bridgehead atoms. The number of nitrogens with zero attached hydrogens (tertiary/aromatic N) is 4. The minimum Gasteiger partial charge on any atom is -0.384 e. The molecule has 0 atom stereocenters. The molecule has 2 heterocycles. The monoisotopic (exact) mass is 265 g/mol. The van der Waals surface area contributed by atoms with Gasteiger partial charge in [0.05, 0.1) is 11.9 Å². The van der Waals surface area contributed by atoms with Gasteiger partial charge in [0.25, 0.3) is 0 Å². The van der Waals surface area contributed by atoms with Crippen molar-refractivity contribution < 1.29 is 0 Å². The van der Waals surface area contributed by atoms with Gasteiger partial charge < -0.3 is 5.73 Å². The summed E-state index contributed by atoms with van der Waals surface area (Å²) in [6.45, 7) is 2.05. The molecule has 0 unspecified atom stereocenters. The minimum absolute atomic E-state index is 0.453. The van der Waals surface area contributed by atoms with Gasteiger partial charge in [-0.15, -0.1) is 0 Å². The lowest BCUT2D eigenvalue weighted by molar-refractivity contribution is 0.768. The fraction of sp³-hybridized carbons (Fsp3) is 0.133. The molecular formula is C15H15N5. The minimum atomic E-state index is 0.453. The molecule has 0 saturated carbocycles. The van der Waals surface area contributed by atoms with Gasteiger partial charge >= 0.3 is 0 Å². The van der Waals surface area contributed by atoms with Crippen molar-refractivity contribution in [1.29, 1.82) is 0 Å². The lowest BCUT2D eigenvalue weighted by atomic mass is 10.1. The second-order valence-corrected chi connectivity index (χ2v) is 4.77. The average Bonchev–Trinajstić information content (AvgIpc) is 2.85. The number of rotatable bonds is 2. The van der Waals surface area contributed by atoms with Crippen molar-refractivity contribution in [2.24, 2.45) is 7.05 Å². The number of hydrogen-bond acceptors (Lipinski definition) is 4. The molecule has 0 radical (unpaired) electrons. The highest BCUT2D eigenvalue weighted by Gasteiger charge is 2.08. The maximum Gasteiger partial charge on any atom is 0.162 e. The van der Waals surface area contributed by atoms with Crippen molar-refractivity contribution >= 4 is 5.82 Å². The van der Waals surface area contributed by atoms with Crippen LogP contribution in [-0.2, 0) is 7.05 Å². The first-order valence-electron chi connectivity index (χ1n) is 6.32. The van der Waals surface area contributed by atoms with Gasteiger partial charge in [0.2, 0.25) is 0 Å². The Bertz CT molecular complexity index is 743. The van der Waals surface area contributed by atoms with E-state index in [2.05, 4.69) is 15.1 Å². The van der Waals surface area contributed by atoms with E-state index in [0.29, 0.717) is 11.6 Å². The number of nitrogen functional groups attached to an aromatic ring is 1. The van der Waals surface area contributed by atoms with Gasteiger partial charge in [-0.3, -0.25) is 4.68 Å². The van der Waals surface area contributed by atoms with Crippen molar-refractivity contribution in [3.8, 4) is 22.6 Å². The number of anilines is 1. The van der Waals surface area contributed by atoms with Crippen LogP contribution in [0.4, 0.5) is 5.82 Å². The summed E-state index contributed by atoms with van der Waals surface area (Å²) in [6, 6.07) is 9.82. The number of benzene rings is 1. The fourth-order valence-corrected chi connectivity index (χ4v) is 2.00. The van der Waals surface area contributed by atoms with Crippen LogP contribution in [0.15, 0.2) is 42.7 Å². The van der Waals surface area contributed by atoms with Crippen LogP contribution in [0, 0.1) is 6.92 Å². The second kappa shape index (κ2) is 4.77. The van der Waals surface area contributed by atoms with Crippen LogP contribution >= 0.6 is 0 Å². The number of aromatic nitrogens is 4. The smallest absolute Gasteiger partial charge is 0.162 e. The third-order valence-corrected chi connectivity index (χ3v) is 3.06. The van der Waals surface area contributed by atoms with E-state index in [-0.39, 0.29) is 0 Å². The van der Waals surface area contributed by atoms with Gasteiger partial charge in [-0.05, 0) is 6.92 Å². The molecule has 0 saturated heterocycles. The number of aryl methyl sites for hydroxylation is 2. The Morgan fingerprint density at radius 2 is 1.80 bits per heavy atom. The Balaban J connectivity index is 2.09. The van der Waals surface area contributed by atoms with Crippen LogP contribution in [0.2, 0.25) is 0 Å². The standard InChI is InChI=1S/C15H15N5/c1-10-3-5-11(6-4-10)15-18-13(7-14(16)19-15)12-8-17-20(2)9-12/h3-9H,1-2H3,(H2,16,18,19). The van der Waals surface area contributed by atoms with Gasteiger partial charge in [-0.1, -0.05) is 29.8 Å². The number of nitrogens with two attached hydrogens (primary N) is 1. The maximum atomic E-state index is 5.89. The summed E-state index contributed by atoms with van der Waals surface area (Å²) < 4.78 is 1.74. The number of hydrogen-bond donors (Lipinski definition) is 1. The van der Waals surface area contributed by atoms with Crippen molar-refractivity contribution in [3.05, 3.63) is 48.3 Å². The van der Waals surface area contributed by atoms with Gasteiger partial charge in [0.15, 0.2) is 5.82 Å². The van der Waals surface area contributed by atoms with E-state index in [9.17, 15) is 0 Å². The van der Waals surface area contributed by atoms with Crippen molar-refractivity contribution in [2.45, 2.75) is 6.92 Å². The van der Waals surface area contributed by atoms with Crippen LogP contribution in [-0.4, -0.2) is 19.7 Å². The highest BCUT2D eigenvalue weighted by atomic mass is 15.2. The summed E-state index contributed by atoms with van der Waals surface area (Å²) in [4.78, 5) is 8.88. The van der Waals surface area contributed by atoms with E-state index in [4.69, 9.17) is 5.73 Å². The van der Waals surface area contributed by atoms with E-state index in [1.165, 1.54) is 5.56 Å². The molecule has 0 fully saturated rings. The molecule has 1 aromatic carbocycles. The summed E-state index contributed by atoms with van der Waals surface area (Å²) in [5, 5.41) is 4.15. The van der Waals surface area contributed by atoms with Crippen LogP contribution in [0.3, 0.4) is 0 Å². The van der Waals surface area contributed by atoms with E-state index >= 15 is 0 Å². The Kier molecular flexibility index (Phi) is 2.95. The molecule has 20 heavy (non-hydrogen) atoms. The van der Waals surface area contributed by atoms with Crippen LogP contribution in [0.1, 0.15) is 5.56 Å². The quantitative estimate of drug-likeness (QED) is 0.772. The van der Waals surface area contributed by atoms with Crippen LogP contribution < -0.4 is 5.73 Å². The summed E-state index contributed by atoms with van der Waals surface area (Å²) in [5.74, 6) is 1.08. The van der Waals surface area contributed by atoms with Crippen LogP contribution in [0.25, 0.3) is 22.6 Å². The van der Waals surface area contributed by atoms with Gasteiger partial charge in [0.1, 0.15) is 5.82 Å². The Morgan fingerprint density at radius 1 is 1.05 bits per heavy atom. The normalized spacial score (nSPS) is 10.7. The predicted molar refractivity (Wildman–Crippen MR) is 78.8 cm³/mol. The molecule has 2 aromatic heterocycles. The maximum absolute atomic E-state index is 5.89. The topological polar surface area (TPSA) is 69.6 Å². The van der Waals surface area contributed by atoms with Gasteiger partial charge in [-0.2, -0.15) is 5.10 Å². The summed E-state index contributed by atoms with van der Waals surface area (Å²) >= 11 is 0. The molecule has 5 nitrogen and oxygen atoms in total. The van der Waals surface area contributed by atoms with E-state index in [0.717, 1.165) is 16.8 Å². The molecule has 0 aliphatic heterocycles. The van der Waals surface area contributed by atoms with Crippen molar-refractivity contribution in [2.75, 3.05) is 5.73 Å². The molecular weight excluding hydrogens is 250 g/mol. The zero-order chi connectivity index (χ0) is 14.1. The van der Waals surface area contributed by atoms with Crippen molar-refractivity contribution in [1.82, 2.24) is 19.7 Å². The zero-order valence-electron chi connectivity index (χ0n) is 11.4. The third-order valence-electron chi connectivity index (χ3n) is 3.06. The lowest BCUT2D eigenvalue weighted by Gasteiger charge is -2.05. The van der Waals surface area contributed by atoms with E-state index in [1.807, 2.05) is 44.4 Å². The molecule has 5 heteroatoms. The van der Waals surface area contributed by atoms with Gasteiger partial charge in [0, 0.05) is 30.4 Å². The highest BCUT2D eigenvalue weighted by molar-refractivity contribution is 5.66. The van der Waals surface area contributed by atoms with E-state index < -0.39 is 0 Å². The van der Waals surface area contributed by atoms with Crippen molar-refractivity contribution in [3.63, 3.8) is 0 Å². The first-order chi connectivity index (χ1) is 9.61. The summed E-state index contributed by atoms with van der Waals surface area (Å²) in [6.07, 6.45) is 3.67. The Hall–Kier alpha value is -2.69. The molecule has 0 amide bonds. The largest absolute Gasteiger partial charge is 0.384 e.